The van der Waals surface area contributed by atoms with E-state index in [2.05, 4.69) is 10.2 Å². The molecule has 3 aromatic carbocycles. The average molecular weight is 449 g/mol. The molecule has 0 aliphatic carbocycles. The summed E-state index contributed by atoms with van der Waals surface area (Å²) >= 11 is 1.50. The predicted octanol–water partition coefficient (Wildman–Crippen LogP) is 5.15. The van der Waals surface area contributed by atoms with Crippen molar-refractivity contribution in [1.82, 2.24) is 14.8 Å². The van der Waals surface area contributed by atoms with Gasteiger partial charge in [-0.3, -0.25) is 14.7 Å². The second-order valence-electron chi connectivity index (χ2n) is 6.78. The molecule has 4 aromatic rings. The Kier molecular flexibility index (Phi) is 6.37. The highest BCUT2D eigenvalue weighted by molar-refractivity contribution is 7.98. The minimum absolute atomic E-state index is 0.0699. The summed E-state index contributed by atoms with van der Waals surface area (Å²) < 4.78 is 12.6. The third-order valence-electron chi connectivity index (χ3n) is 4.81. The molecule has 4 rings (SSSR count). The van der Waals surface area contributed by atoms with Crippen molar-refractivity contribution in [2.45, 2.75) is 10.9 Å². The molecule has 1 heterocycles. The van der Waals surface area contributed by atoms with E-state index in [4.69, 9.17) is 9.47 Å². The molecule has 0 bridgehead atoms. The average Bonchev–Trinajstić information content (AvgIpc) is 3.27. The van der Waals surface area contributed by atoms with Crippen LogP contribution in [0.5, 0.6) is 11.5 Å². The Balaban J connectivity index is 1.69. The number of rotatable bonds is 8. The molecule has 0 fully saturated rings. The van der Waals surface area contributed by atoms with Gasteiger partial charge in [-0.05, 0) is 42.0 Å². The first-order valence-electron chi connectivity index (χ1n) is 9.69. The fraction of sp³-hybridized carbons (Fsp3) is 0.130. The summed E-state index contributed by atoms with van der Waals surface area (Å²) in [5, 5.41) is 20.5. The van der Waals surface area contributed by atoms with Gasteiger partial charge in [-0.25, -0.2) is 0 Å². The van der Waals surface area contributed by atoms with E-state index in [1.165, 1.54) is 23.9 Å². The van der Waals surface area contributed by atoms with Crippen LogP contribution >= 0.6 is 11.8 Å². The van der Waals surface area contributed by atoms with E-state index < -0.39 is 4.92 Å². The van der Waals surface area contributed by atoms with Gasteiger partial charge in [0.05, 0.1) is 19.1 Å². The SMILES string of the molecule is COc1ccc(-n2c(SCc3ccc([N+](=O)[O-])cc3)nnc2-c2cccc(OC)c2)cc1. The van der Waals surface area contributed by atoms with Crippen molar-refractivity contribution in [3.05, 3.63) is 88.5 Å². The second kappa shape index (κ2) is 9.52. The molecule has 8 nitrogen and oxygen atoms in total. The summed E-state index contributed by atoms with van der Waals surface area (Å²) in [6.07, 6.45) is 0. The molecule has 0 spiro atoms. The third kappa shape index (κ3) is 4.57. The number of benzene rings is 3. The molecule has 162 valence electrons. The van der Waals surface area contributed by atoms with Gasteiger partial charge in [-0.1, -0.05) is 36.0 Å². The van der Waals surface area contributed by atoms with E-state index in [-0.39, 0.29) is 5.69 Å². The lowest BCUT2D eigenvalue weighted by Gasteiger charge is -2.12. The summed E-state index contributed by atoms with van der Waals surface area (Å²) in [4.78, 5) is 10.5. The highest BCUT2D eigenvalue weighted by Crippen LogP contribution is 2.32. The van der Waals surface area contributed by atoms with Gasteiger partial charge in [-0.15, -0.1) is 10.2 Å². The lowest BCUT2D eigenvalue weighted by Crippen LogP contribution is -2.00. The first-order valence-corrected chi connectivity index (χ1v) is 10.7. The number of thioether (sulfide) groups is 1. The lowest BCUT2D eigenvalue weighted by molar-refractivity contribution is -0.384. The van der Waals surface area contributed by atoms with Crippen molar-refractivity contribution in [2.75, 3.05) is 14.2 Å². The molecule has 32 heavy (non-hydrogen) atoms. The maximum atomic E-state index is 10.9. The number of nitro groups is 1. The number of non-ortho nitro benzene ring substituents is 1. The monoisotopic (exact) mass is 448 g/mol. The zero-order valence-electron chi connectivity index (χ0n) is 17.5. The third-order valence-corrected chi connectivity index (χ3v) is 5.81. The minimum atomic E-state index is -0.405. The van der Waals surface area contributed by atoms with E-state index >= 15 is 0 Å². The highest BCUT2D eigenvalue weighted by atomic mass is 32.2. The molecular weight excluding hydrogens is 428 g/mol. The Morgan fingerprint density at radius 3 is 2.31 bits per heavy atom. The predicted molar refractivity (Wildman–Crippen MR) is 123 cm³/mol. The molecule has 0 radical (unpaired) electrons. The largest absolute Gasteiger partial charge is 0.497 e. The van der Waals surface area contributed by atoms with Crippen molar-refractivity contribution in [1.29, 1.82) is 0 Å². The van der Waals surface area contributed by atoms with Gasteiger partial charge in [-0.2, -0.15) is 0 Å². The van der Waals surface area contributed by atoms with Crippen LogP contribution in [0.1, 0.15) is 5.56 Å². The number of ether oxygens (including phenoxy) is 2. The fourth-order valence-electron chi connectivity index (χ4n) is 3.14. The Hall–Kier alpha value is -3.85. The van der Waals surface area contributed by atoms with E-state index in [0.717, 1.165) is 28.3 Å². The van der Waals surface area contributed by atoms with Gasteiger partial charge < -0.3 is 9.47 Å². The fourth-order valence-corrected chi connectivity index (χ4v) is 4.05. The first-order chi connectivity index (χ1) is 15.6. The highest BCUT2D eigenvalue weighted by Gasteiger charge is 2.17. The smallest absolute Gasteiger partial charge is 0.269 e. The van der Waals surface area contributed by atoms with Crippen LogP contribution in [-0.4, -0.2) is 33.9 Å². The topological polar surface area (TPSA) is 92.3 Å². The summed E-state index contributed by atoms with van der Waals surface area (Å²) in [7, 11) is 3.25. The molecule has 0 saturated heterocycles. The molecule has 0 aliphatic heterocycles. The van der Waals surface area contributed by atoms with Crippen molar-refractivity contribution in [3.63, 3.8) is 0 Å². The van der Waals surface area contributed by atoms with Crippen LogP contribution in [0.4, 0.5) is 5.69 Å². The van der Waals surface area contributed by atoms with Crippen LogP contribution in [-0.2, 0) is 5.75 Å². The number of methoxy groups -OCH3 is 2. The van der Waals surface area contributed by atoms with Gasteiger partial charge in [0, 0.05) is 29.1 Å². The van der Waals surface area contributed by atoms with E-state index in [1.807, 2.05) is 53.1 Å². The molecule has 1 aromatic heterocycles. The van der Waals surface area contributed by atoms with Crippen molar-refractivity contribution in [3.8, 4) is 28.6 Å². The molecule has 0 N–H and O–H groups in total. The lowest BCUT2D eigenvalue weighted by atomic mass is 10.2. The van der Waals surface area contributed by atoms with Gasteiger partial charge in [0.1, 0.15) is 11.5 Å². The zero-order chi connectivity index (χ0) is 22.5. The molecule has 0 unspecified atom stereocenters. The standard InChI is InChI=1S/C23H20N4O4S/c1-30-20-12-10-18(11-13-20)26-22(17-4-3-5-21(14-17)31-2)24-25-23(26)32-15-16-6-8-19(9-7-16)27(28)29/h3-14H,15H2,1-2H3. The molecule has 0 saturated carbocycles. The first kappa shape index (κ1) is 21.4. The summed E-state index contributed by atoms with van der Waals surface area (Å²) in [5.41, 5.74) is 2.78. The Labute approximate surface area is 189 Å². The molecule has 0 atom stereocenters. The number of nitro benzene ring substituents is 1. The molecule has 9 heteroatoms. The van der Waals surface area contributed by atoms with E-state index in [0.29, 0.717) is 16.7 Å². The van der Waals surface area contributed by atoms with Crippen LogP contribution in [0, 0.1) is 10.1 Å². The number of hydrogen-bond acceptors (Lipinski definition) is 7. The van der Waals surface area contributed by atoms with Crippen molar-refractivity contribution >= 4 is 17.4 Å². The van der Waals surface area contributed by atoms with Gasteiger partial charge in [0.2, 0.25) is 0 Å². The zero-order valence-corrected chi connectivity index (χ0v) is 18.3. The normalized spacial score (nSPS) is 10.7. The van der Waals surface area contributed by atoms with Crippen LogP contribution in [0.3, 0.4) is 0 Å². The Morgan fingerprint density at radius 1 is 0.938 bits per heavy atom. The minimum Gasteiger partial charge on any atom is -0.497 e. The Bertz CT molecular complexity index is 1220. The van der Waals surface area contributed by atoms with Gasteiger partial charge in [0.15, 0.2) is 11.0 Å². The maximum Gasteiger partial charge on any atom is 0.269 e. The molecule has 0 aliphatic rings. The van der Waals surface area contributed by atoms with Gasteiger partial charge in [0.25, 0.3) is 5.69 Å². The van der Waals surface area contributed by atoms with Crippen LogP contribution in [0.25, 0.3) is 17.1 Å². The van der Waals surface area contributed by atoms with Crippen molar-refractivity contribution in [2.24, 2.45) is 0 Å². The van der Waals surface area contributed by atoms with Crippen molar-refractivity contribution < 1.29 is 14.4 Å². The number of aromatic nitrogens is 3. The Morgan fingerprint density at radius 2 is 1.66 bits per heavy atom. The van der Waals surface area contributed by atoms with E-state index in [1.54, 1.807) is 26.4 Å². The second-order valence-corrected chi connectivity index (χ2v) is 7.73. The van der Waals surface area contributed by atoms with Crippen LogP contribution in [0.2, 0.25) is 0 Å². The van der Waals surface area contributed by atoms with E-state index in [9.17, 15) is 10.1 Å². The maximum absolute atomic E-state index is 10.9. The number of hydrogen-bond donors (Lipinski definition) is 0. The van der Waals surface area contributed by atoms with Crippen LogP contribution in [0.15, 0.2) is 78.0 Å². The quantitative estimate of drug-likeness (QED) is 0.209. The summed E-state index contributed by atoms with van der Waals surface area (Å²) in [6.45, 7) is 0. The summed E-state index contributed by atoms with van der Waals surface area (Å²) in [6, 6.07) is 21.8. The molecule has 0 amide bonds. The number of nitrogens with zero attached hydrogens (tertiary/aromatic N) is 4. The summed E-state index contributed by atoms with van der Waals surface area (Å²) in [5.74, 6) is 2.75. The van der Waals surface area contributed by atoms with Crippen LogP contribution < -0.4 is 9.47 Å². The van der Waals surface area contributed by atoms with Gasteiger partial charge >= 0.3 is 0 Å². The molecular formula is C23H20N4O4S.